The molecule has 6 heteroatoms. The predicted octanol–water partition coefficient (Wildman–Crippen LogP) is 2.25. The molecule has 1 saturated heterocycles. The zero-order chi connectivity index (χ0) is 18.4. The van der Waals surface area contributed by atoms with Crippen molar-refractivity contribution in [2.24, 2.45) is 0 Å². The highest BCUT2D eigenvalue weighted by Crippen LogP contribution is 2.11. The monoisotopic (exact) mass is 371 g/mol. The number of benzene rings is 1. The van der Waals surface area contributed by atoms with Gasteiger partial charge in [-0.05, 0) is 36.9 Å². The average Bonchev–Trinajstić information content (AvgIpc) is 3.21. The normalized spacial score (nSPS) is 16.3. The van der Waals surface area contributed by atoms with Gasteiger partial charge in [0.1, 0.15) is 0 Å². The molecule has 26 heavy (non-hydrogen) atoms. The molecule has 0 radical (unpaired) electrons. The Hall–Kier alpha value is -2.18. The minimum absolute atomic E-state index is 0.0596. The molecule has 1 aromatic carbocycles. The van der Waals surface area contributed by atoms with Gasteiger partial charge < -0.3 is 10.2 Å². The van der Waals surface area contributed by atoms with Crippen molar-refractivity contribution in [3.63, 3.8) is 0 Å². The third-order valence-corrected chi connectivity index (χ3v) is 5.74. The number of amides is 2. The van der Waals surface area contributed by atoms with Gasteiger partial charge in [-0.25, -0.2) is 0 Å². The predicted molar refractivity (Wildman–Crippen MR) is 104 cm³/mol. The van der Waals surface area contributed by atoms with E-state index < -0.39 is 0 Å². The second-order valence-corrected chi connectivity index (χ2v) is 7.52. The lowest BCUT2D eigenvalue weighted by molar-refractivity contribution is -0.126. The number of piperazine rings is 1. The second-order valence-electron chi connectivity index (χ2n) is 6.49. The highest BCUT2D eigenvalue weighted by molar-refractivity contribution is 7.09. The van der Waals surface area contributed by atoms with E-state index in [1.807, 2.05) is 48.2 Å². The lowest BCUT2D eigenvalue weighted by Gasteiger charge is -2.37. The summed E-state index contributed by atoms with van der Waals surface area (Å²) in [4.78, 5) is 30.2. The van der Waals surface area contributed by atoms with Gasteiger partial charge in [0.25, 0.3) is 5.91 Å². The van der Waals surface area contributed by atoms with Crippen LogP contribution in [-0.4, -0.2) is 60.4 Å². The largest absolute Gasteiger partial charge is 0.354 e. The summed E-state index contributed by atoms with van der Waals surface area (Å²) in [5.41, 5.74) is 0.723. The third-order valence-electron chi connectivity index (χ3n) is 4.80. The molecule has 1 aromatic heterocycles. The van der Waals surface area contributed by atoms with Gasteiger partial charge in [0, 0.05) is 43.2 Å². The van der Waals surface area contributed by atoms with Gasteiger partial charge >= 0.3 is 0 Å². The lowest BCUT2D eigenvalue weighted by Crippen LogP contribution is -2.55. The highest BCUT2D eigenvalue weighted by atomic mass is 32.1. The number of hydrogen-bond donors (Lipinski definition) is 1. The maximum absolute atomic E-state index is 12.5. The standard InChI is InChI=1S/C20H25N3O2S/c1-16(19(24)21-10-9-18-8-5-15-26-18)22-11-13-23(14-12-22)20(25)17-6-3-2-4-7-17/h2-8,15-16H,9-14H2,1H3,(H,21,24)/t16-/m0/s1. The summed E-state index contributed by atoms with van der Waals surface area (Å²) in [6, 6.07) is 13.3. The Labute approximate surface area is 158 Å². The van der Waals surface area contributed by atoms with E-state index in [1.54, 1.807) is 11.3 Å². The Bertz CT molecular complexity index is 710. The van der Waals surface area contributed by atoms with Crippen molar-refractivity contribution in [1.29, 1.82) is 0 Å². The Kier molecular flexibility index (Phi) is 6.41. The van der Waals surface area contributed by atoms with Gasteiger partial charge in [0.05, 0.1) is 6.04 Å². The molecule has 0 bridgehead atoms. The van der Waals surface area contributed by atoms with Crippen LogP contribution in [-0.2, 0) is 11.2 Å². The van der Waals surface area contributed by atoms with Crippen LogP contribution in [0.2, 0.25) is 0 Å². The topological polar surface area (TPSA) is 52.7 Å². The Morgan fingerprint density at radius 2 is 1.81 bits per heavy atom. The number of carbonyl (C=O) groups is 2. The van der Waals surface area contributed by atoms with Crippen LogP contribution in [0.15, 0.2) is 47.8 Å². The second kappa shape index (κ2) is 8.96. The molecule has 2 heterocycles. The van der Waals surface area contributed by atoms with Crippen molar-refractivity contribution in [2.75, 3.05) is 32.7 Å². The summed E-state index contributed by atoms with van der Waals surface area (Å²) in [7, 11) is 0. The third kappa shape index (κ3) is 4.71. The minimum Gasteiger partial charge on any atom is -0.354 e. The summed E-state index contributed by atoms with van der Waals surface area (Å²) in [6.45, 7) is 5.35. The zero-order valence-electron chi connectivity index (χ0n) is 15.1. The molecule has 0 aliphatic carbocycles. The average molecular weight is 372 g/mol. The Morgan fingerprint density at radius 3 is 2.46 bits per heavy atom. The van der Waals surface area contributed by atoms with Gasteiger partial charge in [-0.1, -0.05) is 24.3 Å². The van der Waals surface area contributed by atoms with E-state index >= 15 is 0 Å². The molecule has 2 aromatic rings. The van der Waals surface area contributed by atoms with Gasteiger partial charge in [-0.2, -0.15) is 0 Å². The molecule has 1 aliphatic rings. The number of nitrogens with zero attached hydrogens (tertiary/aromatic N) is 2. The van der Waals surface area contributed by atoms with Gasteiger partial charge in [0.15, 0.2) is 0 Å². The van der Waals surface area contributed by atoms with Crippen molar-refractivity contribution in [3.05, 3.63) is 58.3 Å². The molecular weight excluding hydrogens is 346 g/mol. The van der Waals surface area contributed by atoms with Crippen molar-refractivity contribution < 1.29 is 9.59 Å². The molecule has 1 atom stereocenters. The maximum Gasteiger partial charge on any atom is 0.253 e. The van der Waals surface area contributed by atoms with Crippen LogP contribution in [0.5, 0.6) is 0 Å². The molecule has 1 fully saturated rings. The van der Waals surface area contributed by atoms with E-state index in [0.717, 1.165) is 25.1 Å². The van der Waals surface area contributed by atoms with Gasteiger partial charge in [-0.15, -0.1) is 11.3 Å². The van der Waals surface area contributed by atoms with Crippen LogP contribution in [0.3, 0.4) is 0 Å². The SMILES string of the molecule is C[C@@H](C(=O)NCCc1cccs1)N1CCN(C(=O)c2ccccc2)CC1. The smallest absolute Gasteiger partial charge is 0.253 e. The summed E-state index contributed by atoms with van der Waals surface area (Å²) in [6.07, 6.45) is 0.871. The summed E-state index contributed by atoms with van der Waals surface area (Å²) in [5, 5.41) is 5.07. The molecule has 2 amide bonds. The van der Waals surface area contributed by atoms with Crippen LogP contribution in [0, 0.1) is 0 Å². The first-order valence-electron chi connectivity index (χ1n) is 9.03. The molecule has 0 spiro atoms. The molecule has 0 unspecified atom stereocenters. The summed E-state index contributed by atoms with van der Waals surface area (Å²) < 4.78 is 0. The number of hydrogen-bond acceptors (Lipinski definition) is 4. The quantitative estimate of drug-likeness (QED) is 0.847. The number of carbonyl (C=O) groups excluding carboxylic acids is 2. The first kappa shape index (κ1) is 18.6. The van der Waals surface area contributed by atoms with E-state index in [1.165, 1.54) is 4.88 Å². The van der Waals surface area contributed by atoms with E-state index in [-0.39, 0.29) is 17.9 Å². The Balaban J connectivity index is 1.43. The van der Waals surface area contributed by atoms with E-state index in [4.69, 9.17) is 0 Å². The first-order valence-corrected chi connectivity index (χ1v) is 9.91. The van der Waals surface area contributed by atoms with Gasteiger partial charge in [0.2, 0.25) is 5.91 Å². The molecule has 1 aliphatic heterocycles. The van der Waals surface area contributed by atoms with Crippen LogP contribution >= 0.6 is 11.3 Å². The van der Waals surface area contributed by atoms with Crippen molar-refractivity contribution >= 4 is 23.2 Å². The molecule has 138 valence electrons. The van der Waals surface area contributed by atoms with Crippen molar-refractivity contribution in [3.8, 4) is 0 Å². The molecule has 3 rings (SSSR count). The fourth-order valence-electron chi connectivity index (χ4n) is 3.15. The molecule has 0 saturated carbocycles. The van der Waals surface area contributed by atoms with E-state index in [9.17, 15) is 9.59 Å². The zero-order valence-corrected chi connectivity index (χ0v) is 15.9. The number of thiophene rings is 1. The van der Waals surface area contributed by atoms with Crippen LogP contribution in [0.4, 0.5) is 0 Å². The van der Waals surface area contributed by atoms with Gasteiger partial charge in [-0.3, -0.25) is 14.5 Å². The fraction of sp³-hybridized carbons (Fsp3) is 0.400. The molecule has 1 N–H and O–H groups in total. The summed E-state index contributed by atoms with van der Waals surface area (Å²) >= 11 is 1.71. The van der Waals surface area contributed by atoms with Crippen LogP contribution in [0.1, 0.15) is 22.2 Å². The lowest BCUT2D eigenvalue weighted by atomic mass is 10.1. The maximum atomic E-state index is 12.5. The van der Waals surface area contributed by atoms with Crippen molar-refractivity contribution in [1.82, 2.24) is 15.1 Å². The van der Waals surface area contributed by atoms with Crippen LogP contribution in [0.25, 0.3) is 0 Å². The van der Waals surface area contributed by atoms with Crippen LogP contribution < -0.4 is 5.32 Å². The van der Waals surface area contributed by atoms with E-state index in [2.05, 4.69) is 21.7 Å². The molecular formula is C20H25N3O2S. The minimum atomic E-state index is -0.174. The summed E-state index contributed by atoms with van der Waals surface area (Å²) in [5.74, 6) is 0.127. The fourth-order valence-corrected chi connectivity index (χ4v) is 3.86. The number of rotatable bonds is 6. The molecule has 5 nitrogen and oxygen atoms in total. The van der Waals surface area contributed by atoms with Crippen molar-refractivity contribution in [2.45, 2.75) is 19.4 Å². The van der Waals surface area contributed by atoms with E-state index in [0.29, 0.717) is 19.6 Å². The number of nitrogens with one attached hydrogen (secondary N) is 1. The highest BCUT2D eigenvalue weighted by Gasteiger charge is 2.27. The Morgan fingerprint density at radius 1 is 1.08 bits per heavy atom. The first-order chi connectivity index (χ1) is 12.6.